The minimum atomic E-state index is -0.600. The van der Waals surface area contributed by atoms with Crippen LogP contribution in [0.15, 0.2) is 0 Å². The van der Waals surface area contributed by atoms with Crippen LogP contribution in [0.25, 0.3) is 0 Å². The van der Waals surface area contributed by atoms with Gasteiger partial charge in [0, 0.05) is 6.54 Å². The standard InChI is InChI=1S/C11H25NO/c1-9(10(2,3)4)7-12-8-11(5,6)13/h9,12-13H,7-8H2,1-6H3. The maximum atomic E-state index is 9.47. The lowest BCUT2D eigenvalue weighted by molar-refractivity contribution is 0.0767. The van der Waals surface area contributed by atoms with E-state index < -0.39 is 5.60 Å². The SMILES string of the molecule is CC(CNCC(C)(C)O)C(C)(C)C. The molecule has 0 aromatic rings. The van der Waals surface area contributed by atoms with Crippen LogP contribution in [0.4, 0.5) is 0 Å². The van der Waals surface area contributed by atoms with Gasteiger partial charge in [0.05, 0.1) is 5.60 Å². The van der Waals surface area contributed by atoms with Gasteiger partial charge in [-0.25, -0.2) is 0 Å². The lowest BCUT2D eigenvalue weighted by Gasteiger charge is -2.28. The van der Waals surface area contributed by atoms with Crippen LogP contribution in [0.3, 0.4) is 0 Å². The van der Waals surface area contributed by atoms with Gasteiger partial charge in [-0.3, -0.25) is 0 Å². The third-order valence-electron chi connectivity index (χ3n) is 2.49. The molecule has 0 aliphatic heterocycles. The fraction of sp³-hybridized carbons (Fsp3) is 1.00. The molecule has 0 heterocycles. The van der Waals surface area contributed by atoms with E-state index in [0.717, 1.165) is 6.54 Å². The first-order chi connectivity index (χ1) is 5.63. The Morgan fingerprint density at radius 3 is 1.92 bits per heavy atom. The average molecular weight is 187 g/mol. The zero-order chi connectivity index (χ0) is 10.7. The van der Waals surface area contributed by atoms with Crippen LogP contribution in [0.5, 0.6) is 0 Å². The fourth-order valence-corrected chi connectivity index (χ4v) is 0.901. The summed E-state index contributed by atoms with van der Waals surface area (Å²) in [7, 11) is 0. The van der Waals surface area contributed by atoms with Crippen molar-refractivity contribution < 1.29 is 5.11 Å². The first-order valence-electron chi connectivity index (χ1n) is 5.06. The van der Waals surface area contributed by atoms with Gasteiger partial charge in [0.25, 0.3) is 0 Å². The third kappa shape index (κ3) is 7.03. The molecule has 2 N–H and O–H groups in total. The topological polar surface area (TPSA) is 32.3 Å². The Labute approximate surface area is 82.7 Å². The van der Waals surface area contributed by atoms with E-state index in [-0.39, 0.29) is 0 Å². The lowest BCUT2D eigenvalue weighted by Crippen LogP contribution is -2.39. The van der Waals surface area contributed by atoms with Crippen LogP contribution >= 0.6 is 0 Å². The summed E-state index contributed by atoms with van der Waals surface area (Å²) < 4.78 is 0. The number of rotatable bonds is 4. The van der Waals surface area contributed by atoms with Gasteiger partial charge in [-0.15, -0.1) is 0 Å². The summed E-state index contributed by atoms with van der Waals surface area (Å²) in [5, 5.41) is 12.8. The summed E-state index contributed by atoms with van der Waals surface area (Å²) in [5.74, 6) is 0.620. The maximum absolute atomic E-state index is 9.47. The number of hydrogen-bond donors (Lipinski definition) is 2. The highest BCUT2D eigenvalue weighted by molar-refractivity contribution is 4.74. The van der Waals surface area contributed by atoms with Crippen molar-refractivity contribution in [3.8, 4) is 0 Å². The zero-order valence-electron chi connectivity index (χ0n) is 9.94. The largest absolute Gasteiger partial charge is 0.389 e. The molecule has 0 radical (unpaired) electrons. The first kappa shape index (κ1) is 12.9. The van der Waals surface area contributed by atoms with E-state index in [4.69, 9.17) is 0 Å². The van der Waals surface area contributed by atoms with E-state index in [0.29, 0.717) is 17.9 Å². The quantitative estimate of drug-likeness (QED) is 0.706. The van der Waals surface area contributed by atoms with E-state index in [1.165, 1.54) is 0 Å². The molecular weight excluding hydrogens is 162 g/mol. The molecule has 0 aliphatic rings. The van der Waals surface area contributed by atoms with Crippen molar-refractivity contribution in [3.63, 3.8) is 0 Å². The Morgan fingerprint density at radius 1 is 1.15 bits per heavy atom. The van der Waals surface area contributed by atoms with Gasteiger partial charge in [-0.05, 0) is 31.7 Å². The third-order valence-corrected chi connectivity index (χ3v) is 2.49. The molecule has 0 saturated heterocycles. The van der Waals surface area contributed by atoms with Gasteiger partial charge in [-0.1, -0.05) is 27.7 Å². The van der Waals surface area contributed by atoms with Crippen LogP contribution in [-0.2, 0) is 0 Å². The van der Waals surface area contributed by atoms with Crippen molar-refractivity contribution in [2.75, 3.05) is 13.1 Å². The van der Waals surface area contributed by atoms with Crippen LogP contribution in [0.1, 0.15) is 41.5 Å². The second kappa shape index (κ2) is 4.43. The summed E-state index contributed by atoms with van der Waals surface area (Å²) in [6.45, 7) is 14.2. The van der Waals surface area contributed by atoms with Crippen LogP contribution in [-0.4, -0.2) is 23.8 Å². The molecule has 0 rings (SSSR count). The molecule has 2 nitrogen and oxygen atoms in total. The predicted octanol–water partition coefficient (Wildman–Crippen LogP) is 2.03. The van der Waals surface area contributed by atoms with Crippen molar-refractivity contribution in [1.82, 2.24) is 5.32 Å². The summed E-state index contributed by atoms with van der Waals surface area (Å²) in [5.41, 5.74) is -0.260. The number of aliphatic hydroxyl groups is 1. The predicted molar refractivity (Wildman–Crippen MR) is 57.8 cm³/mol. The highest BCUT2D eigenvalue weighted by Crippen LogP contribution is 2.24. The van der Waals surface area contributed by atoms with Gasteiger partial charge in [0.1, 0.15) is 0 Å². The molecule has 0 aliphatic carbocycles. The summed E-state index contributed by atoms with van der Waals surface area (Å²) in [4.78, 5) is 0. The van der Waals surface area contributed by atoms with Crippen molar-refractivity contribution in [2.45, 2.75) is 47.1 Å². The van der Waals surface area contributed by atoms with Crippen molar-refractivity contribution in [2.24, 2.45) is 11.3 Å². The van der Waals surface area contributed by atoms with E-state index in [9.17, 15) is 5.11 Å². The summed E-state index contributed by atoms with van der Waals surface area (Å²) >= 11 is 0. The summed E-state index contributed by atoms with van der Waals surface area (Å²) in [6.07, 6.45) is 0. The minimum absolute atomic E-state index is 0.340. The highest BCUT2D eigenvalue weighted by atomic mass is 16.3. The molecule has 0 fully saturated rings. The van der Waals surface area contributed by atoms with E-state index in [1.807, 2.05) is 13.8 Å². The zero-order valence-corrected chi connectivity index (χ0v) is 9.94. The van der Waals surface area contributed by atoms with Crippen molar-refractivity contribution in [3.05, 3.63) is 0 Å². The Morgan fingerprint density at radius 2 is 1.62 bits per heavy atom. The molecule has 0 amide bonds. The minimum Gasteiger partial charge on any atom is -0.389 e. The normalized spacial score (nSPS) is 15.9. The highest BCUT2D eigenvalue weighted by Gasteiger charge is 2.20. The van der Waals surface area contributed by atoms with E-state index in [2.05, 4.69) is 33.0 Å². The second-order valence-electron chi connectivity index (χ2n) is 5.71. The molecule has 0 aromatic carbocycles. The van der Waals surface area contributed by atoms with Crippen molar-refractivity contribution >= 4 is 0 Å². The molecule has 0 aromatic heterocycles. The van der Waals surface area contributed by atoms with Gasteiger partial charge in [0.2, 0.25) is 0 Å². The lowest BCUT2D eigenvalue weighted by atomic mass is 9.82. The second-order valence-corrected chi connectivity index (χ2v) is 5.71. The van der Waals surface area contributed by atoms with Crippen LogP contribution < -0.4 is 5.32 Å². The van der Waals surface area contributed by atoms with E-state index in [1.54, 1.807) is 0 Å². The molecule has 13 heavy (non-hydrogen) atoms. The Kier molecular flexibility index (Phi) is 4.40. The number of hydrogen-bond acceptors (Lipinski definition) is 2. The summed E-state index contributed by atoms with van der Waals surface area (Å²) in [6, 6.07) is 0. The van der Waals surface area contributed by atoms with Crippen molar-refractivity contribution in [1.29, 1.82) is 0 Å². The molecule has 0 bridgehead atoms. The Hall–Kier alpha value is -0.0800. The first-order valence-corrected chi connectivity index (χ1v) is 5.06. The molecule has 0 saturated carbocycles. The van der Waals surface area contributed by atoms with Gasteiger partial charge < -0.3 is 10.4 Å². The molecule has 1 atom stereocenters. The molecular formula is C11H25NO. The van der Waals surface area contributed by atoms with E-state index >= 15 is 0 Å². The monoisotopic (exact) mass is 187 g/mol. The fourth-order valence-electron chi connectivity index (χ4n) is 0.901. The number of nitrogens with one attached hydrogen (secondary N) is 1. The van der Waals surface area contributed by atoms with Crippen LogP contribution in [0.2, 0.25) is 0 Å². The Balaban J connectivity index is 3.67. The maximum Gasteiger partial charge on any atom is 0.0715 e. The van der Waals surface area contributed by atoms with Crippen LogP contribution in [0, 0.1) is 11.3 Å². The van der Waals surface area contributed by atoms with Gasteiger partial charge >= 0.3 is 0 Å². The Bertz CT molecular complexity index is 141. The average Bonchev–Trinajstić information content (AvgIpc) is 1.82. The van der Waals surface area contributed by atoms with Gasteiger partial charge in [0.15, 0.2) is 0 Å². The molecule has 80 valence electrons. The van der Waals surface area contributed by atoms with Gasteiger partial charge in [-0.2, -0.15) is 0 Å². The molecule has 1 unspecified atom stereocenters. The smallest absolute Gasteiger partial charge is 0.0715 e. The molecule has 2 heteroatoms. The molecule has 0 spiro atoms.